The number of halogens is 1. The summed E-state index contributed by atoms with van der Waals surface area (Å²) in [6, 6.07) is 7.16. The van der Waals surface area contributed by atoms with Crippen LogP contribution in [0.2, 0.25) is 5.02 Å². The second kappa shape index (κ2) is 8.19. The Bertz CT molecular complexity index is 1060. The van der Waals surface area contributed by atoms with Gasteiger partial charge in [0.05, 0.1) is 31.9 Å². The molecular formula is C15H12ClN3O8S. The standard InChI is InChI=1S/C15H12ClN3O8S/c16-13-5-4-11(19(24)25)9-14(13)17(7-6-15(20)21)28(26,27)12-3-1-2-10(8-12)18(22)23/h1-5,8-9H,6-7H2,(H,20,21). The van der Waals surface area contributed by atoms with Gasteiger partial charge in [0.25, 0.3) is 21.4 Å². The van der Waals surface area contributed by atoms with Gasteiger partial charge in [0.15, 0.2) is 0 Å². The molecule has 0 spiro atoms. The van der Waals surface area contributed by atoms with Crippen molar-refractivity contribution in [2.75, 3.05) is 10.8 Å². The number of benzene rings is 2. The number of nitro benzene ring substituents is 2. The van der Waals surface area contributed by atoms with E-state index < -0.39 is 55.1 Å². The monoisotopic (exact) mass is 429 g/mol. The minimum absolute atomic E-state index is 0.176. The van der Waals surface area contributed by atoms with Crippen molar-refractivity contribution in [3.05, 3.63) is 67.7 Å². The second-order valence-corrected chi connectivity index (χ2v) is 7.64. The maximum absolute atomic E-state index is 13.0. The van der Waals surface area contributed by atoms with Crippen LogP contribution in [-0.2, 0) is 14.8 Å². The molecule has 0 bridgehead atoms. The first-order valence-electron chi connectivity index (χ1n) is 7.47. The molecule has 0 heterocycles. The Kier molecular flexibility index (Phi) is 6.16. The van der Waals surface area contributed by atoms with Crippen molar-refractivity contribution < 1.29 is 28.2 Å². The van der Waals surface area contributed by atoms with E-state index in [0.29, 0.717) is 4.31 Å². The lowest BCUT2D eigenvalue weighted by molar-refractivity contribution is -0.385. The Labute approximate surface area is 163 Å². The number of aliphatic carboxylic acids is 1. The highest BCUT2D eigenvalue weighted by Crippen LogP contribution is 2.34. The lowest BCUT2D eigenvalue weighted by Gasteiger charge is -2.24. The largest absolute Gasteiger partial charge is 0.481 e. The molecule has 0 atom stereocenters. The van der Waals surface area contributed by atoms with Gasteiger partial charge in [-0.15, -0.1) is 0 Å². The third-order valence-electron chi connectivity index (χ3n) is 3.55. The molecule has 11 nitrogen and oxygen atoms in total. The van der Waals surface area contributed by atoms with Crippen LogP contribution in [0.4, 0.5) is 17.1 Å². The molecular weight excluding hydrogens is 418 g/mol. The van der Waals surface area contributed by atoms with E-state index in [2.05, 4.69) is 0 Å². The Morgan fingerprint density at radius 3 is 2.25 bits per heavy atom. The quantitative estimate of drug-likeness (QED) is 0.494. The molecule has 2 aromatic rings. The second-order valence-electron chi connectivity index (χ2n) is 5.37. The Hall–Kier alpha value is -3.25. The lowest BCUT2D eigenvalue weighted by atomic mass is 10.2. The van der Waals surface area contributed by atoms with Gasteiger partial charge in [-0.1, -0.05) is 17.7 Å². The number of nitrogens with zero attached hydrogens (tertiary/aromatic N) is 3. The third kappa shape index (κ3) is 4.53. The SMILES string of the molecule is O=C(O)CCN(c1cc([N+](=O)[O-])ccc1Cl)S(=O)(=O)c1cccc([N+](=O)[O-])c1. The van der Waals surface area contributed by atoms with Gasteiger partial charge < -0.3 is 5.11 Å². The normalized spacial score (nSPS) is 11.0. The first-order valence-corrected chi connectivity index (χ1v) is 9.29. The molecule has 13 heteroatoms. The summed E-state index contributed by atoms with van der Waals surface area (Å²) in [5.41, 5.74) is -1.28. The molecule has 148 valence electrons. The average Bonchev–Trinajstić information content (AvgIpc) is 2.62. The molecule has 1 N–H and O–H groups in total. The van der Waals surface area contributed by atoms with E-state index in [4.69, 9.17) is 16.7 Å². The van der Waals surface area contributed by atoms with Crippen molar-refractivity contribution in [2.45, 2.75) is 11.3 Å². The molecule has 0 unspecified atom stereocenters. The molecule has 0 aromatic heterocycles. The first-order chi connectivity index (χ1) is 13.0. The zero-order chi connectivity index (χ0) is 21.1. The zero-order valence-electron chi connectivity index (χ0n) is 13.9. The fraction of sp³-hybridized carbons (Fsp3) is 0.133. The fourth-order valence-corrected chi connectivity index (χ4v) is 4.04. The summed E-state index contributed by atoms with van der Waals surface area (Å²) in [5, 5.41) is 30.7. The van der Waals surface area contributed by atoms with Crippen LogP contribution < -0.4 is 4.31 Å². The van der Waals surface area contributed by atoms with Crippen LogP contribution in [0.15, 0.2) is 47.4 Å². The van der Waals surface area contributed by atoms with Crippen molar-refractivity contribution in [1.82, 2.24) is 0 Å². The molecule has 0 aliphatic heterocycles. The van der Waals surface area contributed by atoms with Crippen molar-refractivity contribution in [3.63, 3.8) is 0 Å². The lowest BCUT2D eigenvalue weighted by Crippen LogP contribution is -2.33. The van der Waals surface area contributed by atoms with Crippen molar-refractivity contribution >= 4 is 44.7 Å². The van der Waals surface area contributed by atoms with E-state index in [1.807, 2.05) is 0 Å². The predicted molar refractivity (Wildman–Crippen MR) is 98.0 cm³/mol. The maximum Gasteiger partial charge on any atom is 0.305 e. The van der Waals surface area contributed by atoms with Gasteiger partial charge >= 0.3 is 5.97 Å². The summed E-state index contributed by atoms with van der Waals surface area (Å²) < 4.78 is 26.6. The van der Waals surface area contributed by atoms with Crippen LogP contribution in [0.5, 0.6) is 0 Å². The van der Waals surface area contributed by atoms with Crippen LogP contribution in [0.3, 0.4) is 0 Å². The van der Waals surface area contributed by atoms with Crippen LogP contribution in [0.25, 0.3) is 0 Å². The fourth-order valence-electron chi connectivity index (χ4n) is 2.26. The molecule has 28 heavy (non-hydrogen) atoms. The molecule has 2 aromatic carbocycles. The summed E-state index contributed by atoms with van der Waals surface area (Å²) in [6.45, 7) is -0.596. The topological polar surface area (TPSA) is 161 Å². The van der Waals surface area contributed by atoms with E-state index in [9.17, 15) is 33.4 Å². The van der Waals surface area contributed by atoms with Gasteiger partial charge in [0.2, 0.25) is 0 Å². The summed E-state index contributed by atoms with van der Waals surface area (Å²) in [7, 11) is -4.51. The number of hydrogen-bond donors (Lipinski definition) is 1. The highest BCUT2D eigenvalue weighted by atomic mass is 35.5. The Morgan fingerprint density at radius 2 is 1.68 bits per heavy atom. The minimum Gasteiger partial charge on any atom is -0.481 e. The van der Waals surface area contributed by atoms with Crippen LogP contribution in [0.1, 0.15) is 6.42 Å². The van der Waals surface area contributed by atoms with E-state index in [1.165, 1.54) is 0 Å². The number of sulfonamides is 1. The van der Waals surface area contributed by atoms with E-state index in [-0.39, 0.29) is 10.7 Å². The number of non-ortho nitro benzene ring substituents is 2. The number of anilines is 1. The summed E-state index contributed by atoms with van der Waals surface area (Å²) in [4.78, 5) is 30.8. The summed E-state index contributed by atoms with van der Waals surface area (Å²) >= 11 is 6.00. The van der Waals surface area contributed by atoms with Gasteiger partial charge in [0.1, 0.15) is 0 Å². The molecule has 0 aliphatic carbocycles. The Balaban J connectivity index is 2.65. The van der Waals surface area contributed by atoms with Crippen molar-refractivity contribution in [3.8, 4) is 0 Å². The molecule has 0 saturated carbocycles. The van der Waals surface area contributed by atoms with Crippen LogP contribution in [0, 0.1) is 20.2 Å². The van der Waals surface area contributed by atoms with E-state index >= 15 is 0 Å². The molecule has 0 saturated heterocycles. The number of carboxylic acids is 1. The predicted octanol–water partition coefficient (Wildman–Crippen LogP) is 2.83. The van der Waals surface area contributed by atoms with Gasteiger partial charge in [-0.05, 0) is 12.1 Å². The smallest absolute Gasteiger partial charge is 0.305 e. The number of rotatable bonds is 8. The van der Waals surface area contributed by atoms with Gasteiger partial charge in [0, 0.05) is 30.8 Å². The number of nitro groups is 2. The molecule has 2 rings (SSSR count). The van der Waals surface area contributed by atoms with Crippen LogP contribution >= 0.6 is 11.6 Å². The molecule has 0 radical (unpaired) electrons. The number of hydrogen-bond acceptors (Lipinski definition) is 7. The van der Waals surface area contributed by atoms with Gasteiger partial charge in [-0.2, -0.15) is 0 Å². The average molecular weight is 430 g/mol. The Morgan fingerprint density at radius 1 is 1.07 bits per heavy atom. The molecule has 0 aliphatic rings. The zero-order valence-corrected chi connectivity index (χ0v) is 15.5. The van der Waals surface area contributed by atoms with Gasteiger partial charge in [-0.25, -0.2) is 8.42 Å². The van der Waals surface area contributed by atoms with E-state index in [0.717, 1.165) is 42.5 Å². The number of carbonyl (C=O) groups is 1. The summed E-state index contributed by atoms with van der Waals surface area (Å²) in [5.74, 6) is -1.32. The molecule has 0 amide bonds. The molecule has 0 fully saturated rings. The van der Waals surface area contributed by atoms with E-state index in [1.54, 1.807) is 0 Å². The maximum atomic E-state index is 13.0. The summed E-state index contributed by atoms with van der Waals surface area (Å²) in [6.07, 6.45) is -0.632. The van der Waals surface area contributed by atoms with Gasteiger partial charge in [-0.3, -0.25) is 29.3 Å². The highest BCUT2D eigenvalue weighted by molar-refractivity contribution is 7.92. The first kappa shape index (κ1) is 21.1. The van der Waals surface area contributed by atoms with Crippen molar-refractivity contribution in [2.24, 2.45) is 0 Å². The number of carboxylic acid groups (broad SMARTS) is 1. The third-order valence-corrected chi connectivity index (χ3v) is 5.68. The van der Waals surface area contributed by atoms with Crippen LogP contribution in [-0.4, -0.2) is 35.9 Å². The highest BCUT2D eigenvalue weighted by Gasteiger charge is 2.29. The van der Waals surface area contributed by atoms with Crippen molar-refractivity contribution in [1.29, 1.82) is 0 Å². The minimum atomic E-state index is -4.51.